The Morgan fingerprint density at radius 1 is 1.26 bits per heavy atom. The molecule has 7 heteroatoms. The van der Waals surface area contributed by atoms with E-state index in [-0.39, 0.29) is 11.7 Å². The zero-order chi connectivity index (χ0) is 16.1. The lowest BCUT2D eigenvalue weighted by Gasteiger charge is -2.04. The van der Waals surface area contributed by atoms with Gasteiger partial charge in [0.2, 0.25) is 17.6 Å². The average Bonchev–Trinajstić information content (AvgIpc) is 3.20. The molecule has 0 spiro atoms. The highest BCUT2D eigenvalue weighted by molar-refractivity contribution is 7.13. The van der Waals surface area contributed by atoms with Gasteiger partial charge in [-0.1, -0.05) is 11.2 Å². The Morgan fingerprint density at radius 2 is 2.09 bits per heavy atom. The first-order chi connectivity index (χ1) is 11.2. The second-order valence-electron chi connectivity index (χ2n) is 4.90. The number of aromatic nitrogens is 2. The van der Waals surface area contributed by atoms with E-state index in [4.69, 9.17) is 4.52 Å². The molecule has 0 fully saturated rings. The first kappa shape index (κ1) is 15.4. The van der Waals surface area contributed by atoms with Gasteiger partial charge in [-0.25, -0.2) is 4.39 Å². The van der Waals surface area contributed by atoms with E-state index >= 15 is 0 Å². The van der Waals surface area contributed by atoms with E-state index in [1.165, 1.54) is 24.3 Å². The lowest BCUT2D eigenvalue weighted by atomic mass is 10.2. The number of thiophene rings is 1. The Labute approximate surface area is 136 Å². The van der Waals surface area contributed by atoms with Gasteiger partial charge in [0, 0.05) is 18.5 Å². The predicted molar refractivity (Wildman–Crippen MR) is 85.6 cm³/mol. The predicted octanol–water partition coefficient (Wildman–Crippen LogP) is 3.90. The van der Waals surface area contributed by atoms with Crippen molar-refractivity contribution in [2.24, 2.45) is 0 Å². The van der Waals surface area contributed by atoms with E-state index < -0.39 is 0 Å². The van der Waals surface area contributed by atoms with E-state index in [0.29, 0.717) is 36.7 Å². The summed E-state index contributed by atoms with van der Waals surface area (Å²) in [5.74, 6) is 0.629. The minimum absolute atomic E-state index is 0.130. The molecule has 23 heavy (non-hydrogen) atoms. The summed E-state index contributed by atoms with van der Waals surface area (Å²) in [5, 5.41) is 8.58. The number of nitrogens with one attached hydrogen (secondary N) is 1. The van der Waals surface area contributed by atoms with E-state index in [1.54, 1.807) is 11.3 Å². The Morgan fingerprint density at radius 3 is 2.83 bits per heavy atom. The molecular weight excluding hydrogens is 317 g/mol. The van der Waals surface area contributed by atoms with Gasteiger partial charge in [-0.05, 0) is 42.1 Å². The van der Waals surface area contributed by atoms with E-state index in [9.17, 15) is 9.18 Å². The fourth-order valence-electron chi connectivity index (χ4n) is 2.02. The number of anilines is 1. The number of rotatable bonds is 6. The molecule has 0 radical (unpaired) electrons. The van der Waals surface area contributed by atoms with Crippen molar-refractivity contribution < 1.29 is 13.7 Å². The van der Waals surface area contributed by atoms with Crippen molar-refractivity contribution in [1.29, 1.82) is 0 Å². The van der Waals surface area contributed by atoms with E-state index in [1.807, 2.05) is 17.5 Å². The number of aryl methyl sites for hydroxylation is 1. The molecule has 1 N–H and O–H groups in total. The third-order valence-electron chi connectivity index (χ3n) is 3.13. The highest BCUT2D eigenvalue weighted by Gasteiger charge is 2.10. The molecule has 2 heterocycles. The number of carbonyl (C=O) groups is 1. The van der Waals surface area contributed by atoms with Gasteiger partial charge in [0.25, 0.3) is 0 Å². The minimum Gasteiger partial charge on any atom is -0.339 e. The van der Waals surface area contributed by atoms with Gasteiger partial charge >= 0.3 is 0 Å². The third kappa shape index (κ3) is 4.23. The van der Waals surface area contributed by atoms with E-state index in [2.05, 4.69) is 15.5 Å². The maximum atomic E-state index is 12.8. The summed E-state index contributed by atoms with van der Waals surface area (Å²) in [5.41, 5.74) is 0.578. The number of nitrogens with zero attached hydrogens (tertiary/aromatic N) is 2. The van der Waals surface area contributed by atoms with Crippen LogP contribution in [0.1, 0.15) is 18.7 Å². The van der Waals surface area contributed by atoms with Crippen LogP contribution in [0.2, 0.25) is 0 Å². The molecular formula is C16H14FN3O2S. The first-order valence-corrected chi connectivity index (χ1v) is 8.00. The molecule has 5 nitrogen and oxygen atoms in total. The summed E-state index contributed by atoms with van der Waals surface area (Å²) in [6, 6.07) is 9.52. The number of hydrogen-bond acceptors (Lipinski definition) is 5. The monoisotopic (exact) mass is 331 g/mol. The molecule has 3 aromatic rings. The van der Waals surface area contributed by atoms with Crippen molar-refractivity contribution in [3.05, 3.63) is 53.5 Å². The number of amides is 1. The van der Waals surface area contributed by atoms with Gasteiger partial charge in [-0.2, -0.15) is 4.98 Å². The molecule has 2 aromatic heterocycles. The Kier molecular flexibility index (Phi) is 4.77. The van der Waals surface area contributed by atoms with Crippen LogP contribution in [0.3, 0.4) is 0 Å². The largest absolute Gasteiger partial charge is 0.339 e. The lowest BCUT2D eigenvalue weighted by molar-refractivity contribution is -0.116. The van der Waals surface area contributed by atoms with Crippen LogP contribution in [0.4, 0.5) is 10.1 Å². The van der Waals surface area contributed by atoms with Crippen LogP contribution in [0.5, 0.6) is 0 Å². The van der Waals surface area contributed by atoms with Crippen LogP contribution in [-0.2, 0) is 11.2 Å². The van der Waals surface area contributed by atoms with Crippen LogP contribution < -0.4 is 5.32 Å². The van der Waals surface area contributed by atoms with Crippen molar-refractivity contribution in [1.82, 2.24) is 10.1 Å². The molecule has 0 saturated heterocycles. The van der Waals surface area contributed by atoms with Crippen molar-refractivity contribution in [3.63, 3.8) is 0 Å². The summed E-state index contributed by atoms with van der Waals surface area (Å²) >= 11 is 1.54. The van der Waals surface area contributed by atoms with Gasteiger partial charge in [0.15, 0.2) is 0 Å². The number of benzene rings is 1. The van der Waals surface area contributed by atoms with Gasteiger partial charge in [0.05, 0.1) is 4.88 Å². The number of hydrogen-bond donors (Lipinski definition) is 1. The zero-order valence-electron chi connectivity index (χ0n) is 12.2. The minimum atomic E-state index is -0.332. The molecule has 0 unspecified atom stereocenters. The molecule has 1 amide bonds. The normalized spacial score (nSPS) is 10.7. The van der Waals surface area contributed by atoms with Crippen LogP contribution in [0, 0.1) is 5.82 Å². The van der Waals surface area contributed by atoms with Gasteiger partial charge in [0.1, 0.15) is 5.82 Å². The molecule has 0 aliphatic carbocycles. The number of carbonyl (C=O) groups excluding carboxylic acids is 1. The zero-order valence-corrected chi connectivity index (χ0v) is 13.0. The molecule has 0 aliphatic rings. The molecule has 118 valence electrons. The quantitative estimate of drug-likeness (QED) is 0.744. The fourth-order valence-corrected chi connectivity index (χ4v) is 2.67. The molecule has 0 bridgehead atoms. The SMILES string of the molecule is O=C(CCCc1nc(-c2cccs2)no1)Nc1ccc(F)cc1. The summed E-state index contributed by atoms with van der Waals surface area (Å²) in [6.07, 6.45) is 1.46. The second kappa shape index (κ2) is 7.15. The maximum absolute atomic E-state index is 12.8. The van der Waals surface area contributed by atoms with Crippen LogP contribution >= 0.6 is 11.3 Å². The average molecular weight is 331 g/mol. The first-order valence-electron chi connectivity index (χ1n) is 7.12. The topological polar surface area (TPSA) is 68.0 Å². The maximum Gasteiger partial charge on any atom is 0.226 e. The van der Waals surface area contributed by atoms with Crippen molar-refractivity contribution >= 4 is 22.9 Å². The second-order valence-corrected chi connectivity index (χ2v) is 5.85. The summed E-state index contributed by atoms with van der Waals surface area (Å²) in [6.45, 7) is 0. The van der Waals surface area contributed by atoms with Gasteiger partial charge in [-0.15, -0.1) is 11.3 Å². The van der Waals surface area contributed by atoms with Crippen LogP contribution in [-0.4, -0.2) is 16.0 Å². The van der Waals surface area contributed by atoms with Gasteiger partial charge in [-0.3, -0.25) is 4.79 Å². The highest BCUT2D eigenvalue weighted by Crippen LogP contribution is 2.21. The smallest absolute Gasteiger partial charge is 0.226 e. The molecule has 3 rings (SSSR count). The highest BCUT2D eigenvalue weighted by atomic mass is 32.1. The Hall–Kier alpha value is -2.54. The van der Waals surface area contributed by atoms with Crippen molar-refractivity contribution in [2.75, 3.05) is 5.32 Å². The molecule has 1 aromatic carbocycles. The molecule has 0 atom stereocenters. The Bertz CT molecular complexity index is 769. The lowest BCUT2D eigenvalue weighted by Crippen LogP contribution is -2.11. The third-order valence-corrected chi connectivity index (χ3v) is 4.00. The molecule has 0 aliphatic heterocycles. The van der Waals surface area contributed by atoms with Crippen molar-refractivity contribution in [2.45, 2.75) is 19.3 Å². The summed E-state index contributed by atoms with van der Waals surface area (Å²) in [4.78, 5) is 17.1. The Balaban J connectivity index is 1.46. The van der Waals surface area contributed by atoms with Crippen LogP contribution in [0.25, 0.3) is 10.7 Å². The number of halogens is 1. The summed E-state index contributed by atoms with van der Waals surface area (Å²) < 4.78 is 18.0. The summed E-state index contributed by atoms with van der Waals surface area (Å²) in [7, 11) is 0. The van der Waals surface area contributed by atoms with Gasteiger partial charge < -0.3 is 9.84 Å². The van der Waals surface area contributed by atoms with Crippen LogP contribution in [0.15, 0.2) is 46.3 Å². The standard InChI is InChI=1S/C16H14FN3O2S/c17-11-6-8-12(9-7-11)18-14(21)4-1-5-15-19-16(20-22-15)13-3-2-10-23-13/h2-3,6-10H,1,4-5H2,(H,18,21). The fraction of sp³-hybridized carbons (Fsp3) is 0.188. The molecule has 0 saturated carbocycles. The van der Waals surface area contributed by atoms with E-state index in [0.717, 1.165) is 4.88 Å². The van der Waals surface area contributed by atoms with Crippen molar-refractivity contribution in [3.8, 4) is 10.7 Å².